The number of carbonyl (C=O) groups is 1. The quantitative estimate of drug-likeness (QED) is 0.416. The Kier molecular flexibility index (Phi) is 5.95. The van der Waals surface area contributed by atoms with Gasteiger partial charge in [-0.3, -0.25) is 9.36 Å². The van der Waals surface area contributed by atoms with Crippen LogP contribution in [-0.2, 0) is 17.1 Å². The van der Waals surface area contributed by atoms with Gasteiger partial charge in [-0.05, 0) is 87.8 Å². The molecule has 4 aliphatic carbocycles. The summed E-state index contributed by atoms with van der Waals surface area (Å²) >= 11 is 1.69. The van der Waals surface area contributed by atoms with E-state index >= 15 is 0 Å². The molecule has 0 spiro atoms. The number of amides is 1. The van der Waals surface area contributed by atoms with Crippen molar-refractivity contribution in [3.63, 3.8) is 0 Å². The lowest BCUT2D eigenvalue weighted by atomic mass is 9.49. The Morgan fingerprint density at radius 2 is 1.66 bits per heavy atom. The minimum Gasteiger partial charge on any atom is -0.348 e. The number of nitrogens with zero attached hydrogens (tertiary/aromatic N) is 3. The van der Waals surface area contributed by atoms with E-state index in [-0.39, 0.29) is 11.3 Å². The van der Waals surface area contributed by atoms with Crippen molar-refractivity contribution in [2.75, 3.05) is 0 Å². The minimum atomic E-state index is -0.147. The van der Waals surface area contributed by atoms with E-state index in [1.165, 1.54) is 36.0 Å². The molecule has 7 rings (SSSR count). The molecule has 3 aromatic rings. The number of hydrogen-bond acceptors (Lipinski definition) is 4. The molecule has 182 valence electrons. The van der Waals surface area contributed by atoms with Crippen LogP contribution >= 0.6 is 11.8 Å². The summed E-state index contributed by atoms with van der Waals surface area (Å²) in [5.74, 6) is 4.13. The van der Waals surface area contributed by atoms with Crippen molar-refractivity contribution in [1.82, 2.24) is 20.1 Å². The van der Waals surface area contributed by atoms with Crippen molar-refractivity contribution in [2.45, 2.75) is 69.8 Å². The smallest absolute Gasteiger partial charge is 0.226 e. The van der Waals surface area contributed by atoms with E-state index in [9.17, 15) is 4.79 Å². The highest BCUT2D eigenvalue weighted by Crippen LogP contribution is 2.60. The Bertz CT molecular complexity index is 1200. The lowest BCUT2D eigenvalue weighted by molar-refractivity contribution is -0.146. The molecule has 4 aliphatic rings. The fourth-order valence-corrected chi connectivity index (χ4v) is 8.06. The SMILES string of the molecule is Cc1ccc(-n2c(CNC(=O)C34CC5CC(CC(C5)C3)C4)nnc2SCc2cccc(C)c2)cc1. The number of hydrogen-bond donors (Lipinski definition) is 1. The third kappa shape index (κ3) is 4.53. The molecule has 5 nitrogen and oxygen atoms in total. The predicted molar refractivity (Wildman–Crippen MR) is 139 cm³/mol. The van der Waals surface area contributed by atoms with E-state index in [0.29, 0.717) is 6.54 Å². The van der Waals surface area contributed by atoms with Crippen LogP contribution in [0.2, 0.25) is 0 Å². The van der Waals surface area contributed by atoms with Gasteiger partial charge in [-0.25, -0.2) is 0 Å². The van der Waals surface area contributed by atoms with Gasteiger partial charge in [-0.1, -0.05) is 59.3 Å². The van der Waals surface area contributed by atoms with Gasteiger partial charge in [0.1, 0.15) is 0 Å². The molecule has 1 N–H and O–H groups in total. The molecule has 0 unspecified atom stereocenters. The van der Waals surface area contributed by atoms with Crippen molar-refractivity contribution >= 4 is 17.7 Å². The third-order valence-corrected chi connectivity index (χ3v) is 9.37. The van der Waals surface area contributed by atoms with Crippen molar-refractivity contribution in [2.24, 2.45) is 23.2 Å². The van der Waals surface area contributed by atoms with Gasteiger partial charge in [0, 0.05) is 16.9 Å². The lowest BCUT2D eigenvalue weighted by Crippen LogP contribution is -2.53. The van der Waals surface area contributed by atoms with Crippen LogP contribution in [0.15, 0.2) is 53.7 Å². The summed E-state index contributed by atoms with van der Waals surface area (Å²) in [4.78, 5) is 13.5. The number of carbonyl (C=O) groups excluding carboxylic acids is 1. The second-order valence-electron chi connectivity index (χ2n) is 11.2. The monoisotopic (exact) mass is 486 g/mol. The molecule has 4 bridgehead atoms. The fourth-order valence-electron chi connectivity index (χ4n) is 7.15. The van der Waals surface area contributed by atoms with E-state index in [4.69, 9.17) is 0 Å². The summed E-state index contributed by atoms with van der Waals surface area (Å²) in [5, 5.41) is 13.2. The van der Waals surface area contributed by atoms with Gasteiger partial charge >= 0.3 is 0 Å². The molecular formula is C29H34N4OS. The first-order valence-electron chi connectivity index (χ1n) is 13.0. The molecule has 1 heterocycles. The molecule has 2 aromatic carbocycles. The van der Waals surface area contributed by atoms with Crippen LogP contribution in [-0.4, -0.2) is 20.7 Å². The molecule has 6 heteroatoms. The van der Waals surface area contributed by atoms with E-state index in [1.54, 1.807) is 11.8 Å². The third-order valence-electron chi connectivity index (χ3n) is 8.37. The average Bonchev–Trinajstić information content (AvgIpc) is 3.23. The van der Waals surface area contributed by atoms with Gasteiger partial charge in [0.25, 0.3) is 0 Å². The average molecular weight is 487 g/mol. The summed E-state index contributed by atoms with van der Waals surface area (Å²) in [6.45, 7) is 4.62. The number of aryl methyl sites for hydroxylation is 2. The zero-order valence-electron chi connectivity index (χ0n) is 20.7. The lowest BCUT2D eigenvalue weighted by Gasteiger charge is -2.55. The minimum absolute atomic E-state index is 0.147. The number of thioether (sulfide) groups is 1. The first kappa shape index (κ1) is 22.8. The first-order chi connectivity index (χ1) is 17.0. The fraction of sp³-hybridized carbons (Fsp3) is 0.483. The molecule has 35 heavy (non-hydrogen) atoms. The number of rotatable bonds is 7. The van der Waals surface area contributed by atoms with Crippen LogP contribution in [0.5, 0.6) is 0 Å². The summed E-state index contributed by atoms with van der Waals surface area (Å²) in [6, 6.07) is 17.0. The van der Waals surface area contributed by atoms with Gasteiger partial charge < -0.3 is 5.32 Å². The molecule has 4 fully saturated rings. The first-order valence-corrected chi connectivity index (χ1v) is 13.9. The Morgan fingerprint density at radius 3 is 2.31 bits per heavy atom. The second-order valence-corrected chi connectivity index (χ2v) is 12.2. The molecule has 1 amide bonds. The maximum atomic E-state index is 13.5. The zero-order valence-corrected chi connectivity index (χ0v) is 21.5. The normalized spacial score (nSPS) is 26.7. The largest absolute Gasteiger partial charge is 0.348 e. The Labute approximate surface area is 212 Å². The molecule has 1 aromatic heterocycles. The van der Waals surface area contributed by atoms with Crippen molar-refractivity contribution < 1.29 is 4.79 Å². The van der Waals surface area contributed by atoms with Crippen LogP contribution in [0.3, 0.4) is 0 Å². The Balaban J connectivity index is 1.22. The van der Waals surface area contributed by atoms with Crippen LogP contribution in [0.25, 0.3) is 5.69 Å². The summed E-state index contributed by atoms with van der Waals surface area (Å²) < 4.78 is 2.11. The standard InChI is InChI=1S/C29H34N4OS/c1-19-6-8-25(9-7-19)33-26(31-32-28(33)35-18-21-5-3-4-20(2)10-21)17-30-27(34)29-14-22-11-23(15-29)13-24(12-22)16-29/h3-10,22-24H,11-18H2,1-2H3,(H,30,34). The number of aromatic nitrogens is 3. The maximum absolute atomic E-state index is 13.5. The van der Waals surface area contributed by atoms with Crippen molar-refractivity contribution in [1.29, 1.82) is 0 Å². The van der Waals surface area contributed by atoms with Gasteiger partial charge in [0.05, 0.1) is 6.54 Å². The van der Waals surface area contributed by atoms with Gasteiger partial charge in [-0.15, -0.1) is 10.2 Å². The van der Waals surface area contributed by atoms with E-state index in [2.05, 4.69) is 82.5 Å². The summed E-state index contributed by atoms with van der Waals surface area (Å²) in [5.41, 5.74) is 4.63. The molecular weight excluding hydrogens is 452 g/mol. The molecule has 0 atom stereocenters. The maximum Gasteiger partial charge on any atom is 0.226 e. The van der Waals surface area contributed by atoms with Crippen LogP contribution < -0.4 is 5.32 Å². The summed E-state index contributed by atoms with van der Waals surface area (Å²) in [6.07, 6.45) is 7.26. The topological polar surface area (TPSA) is 59.8 Å². The van der Waals surface area contributed by atoms with Gasteiger partial charge in [0.15, 0.2) is 11.0 Å². The summed E-state index contributed by atoms with van der Waals surface area (Å²) in [7, 11) is 0. The Morgan fingerprint density at radius 1 is 0.971 bits per heavy atom. The second kappa shape index (κ2) is 9.12. The highest BCUT2D eigenvalue weighted by molar-refractivity contribution is 7.98. The van der Waals surface area contributed by atoms with E-state index < -0.39 is 0 Å². The molecule has 0 aliphatic heterocycles. The van der Waals surface area contributed by atoms with Crippen LogP contribution in [0.4, 0.5) is 0 Å². The highest BCUT2D eigenvalue weighted by atomic mass is 32.2. The zero-order chi connectivity index (χ0) is 24.0. The van der Waals surface area contributed by atoms with Gasteiger partial charge in [-0.2, -0.15) is 0 Å². The highest BCUT2D eigenvalue weighted by Gasteiger charge is 2.54. The number of benzene rings is 2. The van der Waals surface area contributed by atoms with E-state index in [0.717, 1.165) is 59.4 Å². The molecule has 0 radical (unpaired) electrons. The predicted octanol–water partition coefficient (Wildman–Crippen LogP) is 6.01. The Hall–Kier alpha value is -2.60. The van der Waals surface area contributed by atoms with E-state index in [1.807, 2.05) is 0 Å². The van der Waals surface area contributed by atoms with Crippen LogP contribution in [0, 0.1) is 37.0 Å². The van der Waals surface area contributed by atoms with Crippen molar-refractivity contribution in [3.05, 3.63) is 71.0 Å². The van der Waals surface area contributed by atoms with Gasteiger partial charge in [0.2, 0.25) is 5.91 Å². The number of nitrogens with one attached hydrogen (secondary N) is 1. The van der Waals surface area contributed by atoms with Crippen LogP contribution in [0.1, 0.15) is 61.0 Å². The molecule has 4 saturated carbocycles. The molecule has 0 saturated heterocycles. The van der Waals surface area contributed by atoms with Crippen molar-refractivity contribution in [3.8, 4) is 5.69 Å².